The predicted octanol–water partition coefficient (Wildman–Crippen LogP) is 0.696. The van der Waals surface area contributed by atoms with E-state index in [1.54, 1.807) is 11.0 Å². The highest BCUT2D eigenvalue weighted by Gasteiger charge is 2.26. The Balaban J connectivity index is 1.48. The summed E-state index contributed by atoms with van der Waals surface area (Å²) in [5, 5.41) is 7.01. The van der Waals surface area contributed by atoms with Crippen molar-refractivity contribution < 1.29 is 9.53 Å². The summed E-state index contributed by atoms with van der Waals surface area (Å²) in [6.07, 6.45) is 4.91. The van der Waals surface area contributed by atoms with Crippen molar-refractivity contribution >= 4 is 5.91 Å². The minimum Gasteiger partial charge on any atom is -0.381 e. The van der Waals surface area contributed by atoms with Gasteiger partial charge in [-0.2, -0.15) is 5.10 Å². The van der Waals surface area contributed by atoms with Crippen LogP contribution in [0.3, 0.4) is 0 Å². The van der Waals surface area contributed by atoms with Crippen LogP contribution in [0.4, 0.5) is 0 Å². The van der Waals surface area contributed by atoms with Gasteiger partial charge in [0, 0.05) is 19.8 Å². The zero-order chi connectivity index (χ0) is 16.8. The summed E-state index contributed by atoms with van der Waals surface area (Å²) >= 11 is 0. The SMILES string of the molecule is NC(C(=O)NCc1ccc(Cn2cncn2)cc1)C1CCOCC1. The summed E-state index contributed by atoms with van der Waals surface area (Å²) in [5.74, 6) is 0.123. The quantitative estimate of drug-likeness (QED) is 0.813. The summed E-state index contributed by atoms with van der Waals surface area (Å²) in [6.45, 7) is 2.55. The third-order valence-electron chi connectivity index (χ3n) is 4.38. The third-order valence-corrected chi connectivity index (χ3v) is 4.38. The molecule has 1 amide bonds. The number of nitrogens with zero attached hydrogens (tertiary/aromatic N) is 3. The van der Waals surface area contributed by atoms with Crippen LogP contribution in [0.5, 0.6) is 0 Å². The van der Waals surface area contributed by atoms with E-state index in [2.05, 4.69) is 15.4 Å². The first-order valence-corrected chi connectivity index (χ1v) is 8.23. The van der Waals surface area contributed by atoms with Gasteiger partial charge in [-0.1, -0.05) is 24.3 Å². The van der Waals surface area contributed by atoms with Crippen LogP contribution in [-0.2, 0) is 22.6 Å². The third kappa shape index (κ3) is 4.39. The number of carbonyl (C=O) groups is 1. The Morgan fingerprint density at radius 1 is 1.29 bits per heavy atom. The summed E-state index contributed by atoms with van der Waals surface area (Å²) in [4.78, 5) is 16.1. The molecule has 1 unspecified atom stereocenters. The van der Waals surface area contributed by atoms with Gasteiger partial charge >= 0.3 is 0 Å². The first kappa shape index (κ1) is 16.6. The van der Waals surface area contributed by atoms with E-state index in [1.165, 1.54) is 6.33 Å². The molecule has 0 aliphatic carbocycles. The lowest BCUT2D eigenvalue weighted by Crippen LogP contribution is -2.46. The van der Waals surface area contributed by atoms with Gasteiger partial charge in [-0.3, -0.25) is 4.79 Å². The Morgan fingerprint density at radius 2 is 2.00 bits per heavy atom. The lowest BCUT2D eigenvalue weighted by Gasteiger charge is -2.26. The fourth-order valence-electron chi connectivity index (χ4n) is 2.86. The molecule has 2 aromatic rings. The Hall–Kier alpha value is -2.25. The summed E-state index contributed by atoms with van der Waals surface area (Å²) < 4.78 is 7.08. The van der Waals surface area contributed by atoms with Crippen molar-refractivity contribution in [2.45, 2.75) is 32.0 Å². The molecule has 1 aliphatic rings. The standard InChI is InChI=1S/C17H23N5O2/c18-16(15-5-7-24-8-6-15)17(23)20-9-13-1-3-14(4-2-13)10-22-12-19-11-21-22/h1-4,11-12,15-16H,5-10,18H2,(H,20,23). The summed E-state index contributed by atoms with van der Waals surface area (Å²) in [6, 6.07) is 7.61. The van der Waals surface area contributed by atoms with Crippen LogP contribution in [-0.4, -0.2) is 39.9 Å². The number of ether oxygens (including phenoxy) is 1. The molecular weight excluding hydrogens is 306 g/mol. The molecule has 24 heavy (non-hydrogen) atoms. The zero-order valence-electron chi connectivity index (χ0n) is 13.6. The molecule has 128 valence electrons. The molecule has 7 heteroatoms. The van der Waals surface area contributed by atoms with Gasteiger partial charge in [-0.25, -0.2) is 9.67 Å². The predicted molar refractivity (Wildman–Crippen MR) is 88.9 cm³/mol. The van der Waals surface area contributed by atoms with E-state index in [1.807, 2.05) is 24.3 Å². The van der Waals surface area contributed by atoms with Crippen molar-refractivity contribution in [1.29, 1.82) is 0 Å². The van der Waals surface area contributed by atoms with E-state index in [0.29, 0.717) is 26.3 Å². The molecule has 1 aliphatic heterocycles. The zero-order valence-corrected chi connectivity index (χ0v) is 13.6. The second-order valence-electron chi connectivity index (χ2n) is 6.10. The number of hydrogen-bond acceptors (Lipinski definition) is 5. The normalized spacial score (nSPS) is 16.7. The fourth-order valence-corrected chi connectivity index (χ4v) is 2.86. The van der Waals surface area contributed by atoms with Gasteiger partial charge in [-0.05, 0) is 29.9 Å². The molecule has 1 atom stereocenters. The minimum absolute atomic E-state index is 0.0893. The van der Waals surface area contributed by atoms with E-state index in [9.17, 15) is 4.79 Å². The highest BCUT2D eigenvalue weighted by Crippen LogP contribution is 2.17. The van der Waals surface area contributed by atoms with Gasteiger partial charge in [0.2, 0.25) is 5.91 Å². The number of hydrogen-bond donors (Lipinski definition) is 2. The van der Waals surface area contributed by atoms with Gasteiger partial charge in [0.05, 0.1) is 12.6 Å². The molecule has 1 aromatic carbocycles. The first-order valence-electron chi connectivity index (χ1n) is 8.23. The molecule has 0 spiro atoms. The number of amides is 1. The Labute approximate surface area is 141 Å². The van der Waals surface area contributed by atoms with Gasteiger partial charge < -0.3 is 15.8 Å². The number of rotatable bonds is 6. The average Bonchev–Trinajstić information content (AvgIpc) is 3.14. The first-order chi connectivity index (χ1) is 11.7. The molecule has 1 aromatic heterocycles. The Kier molecular flexibility index (Phi) is 5.55. The second kappa shape index (κ2) is 8.03. The topological polar surface area (TPSA) is 95.1 Å². The van der Waals surface area contributed by atoms with E-state index < -0.39 is 6.04 Å². The molecule has 0 bridgehead atoms. The molecule has 0 saturated carbocycles. The Bertz CT molecular complexity index is 636. The molecule has 3 rings (SSSR count). The lowest BCUT2D eigenvalue weighted by atomic mass is 9.92. The van der Waals surface area contributed by atoms with E-state index in [-0.39, 0.29) is 11.8 Å². The number of nitrogens with one attached hydrogen (secondary N) is 1. The van der Waals surface area contributed by atoms with E-state index in [0.717, 1.165) is 24.0 Å². The van der Waals surface area contributed by atoms with Crippen molar-refractivity contribution in [3.63, 3.8) is 0 Å². The molecule has 1 fully saturated rings. The van der Waals surface area contributed by atoms with E-state index >= 15 is 0 Å². The van der Waals surface area contributed by atoms with Gasteiger partial charge in [-0.15, -0.1) is 0 Å². The minimum atomic E-state index is -0.458. The van der Waals surface area contributed by atoms with Crippen LogP contribution in [0, 0.1) is 5.92 Å². The number of carbonyl (C=O) groups excluding carboxylic acids is 1. The van der Waals surface area contributed by atoms with Gasteiger partial charge in [0.15, 0.2) is 0 Å². The number of benzene rings is 1. The van der Waals surface area contributed by atoms with Crippen molar-refractivity contribution in [3.05, 3.63) is 48.0 Å². The van der Waals surface area contributed by atoms with Crippen molar-refractivity contribution in [1.82, 2.24) is 20.1 Å². The molecule has 3 N–H and O–H groups in total. The fraction of sp³-hybridized carbons (Fsp3) is 0.471. The van der Waals surface area contributed by atoms with Crippen LogP contribution < -0.4 is 11.1 Å². The van der Waals surface area contributed by atoms with Crippen LogP contribution in [0.25, 0.3) is 0 Å². The number of aromatic nitrogens is 3. The maximum Gasteiger partial charge on any atom is 0.237 e. The van der Waals surface area contributed by atoms with Gasteiger partial charge in [0.1, 0.15) is 12.7 Å². The van der Waals surface area contributed by atoms with Crippen LogP contribution in [0.15, 0.2) is 36.9 Å². The summed E-state index contributed by atoms with van der Waals surface area (Å²) in [7, 11) is 0. The lowest BCUT2D eigenvalue weighted by molar-refractivity contribution is -0.124. The highest BCUT2D eigenvalue weighted by molar-refractivity contribution is 5.81. The van der Waals surface area contributed by atoms with Crippen LogP contribution >= 0.6 is 0 Å². The monoisotopic (exact) mass is 329 g/mol. The summed E-state index contributed by atoms with van der Waals surface area (Å²) in [5.41, 5.74) is 8.25. The average molecular weight is 329 g/mol. The Morgan fingerprint density at radius 3 is 2.67 bits per heavy atom. The largest absolute Gasteiger partial charge is 0.381 e. The van der Waals surface area contributed by atoms with Crippen molar-refractivity contribution in [2.24, 2.45) is 11.7 Å². The maximum absolute atomic E-state index is 12.2. The van der Waals surface area contributed by atoms with Gasteiger partial charge in [0.25, 0.3) is 0 Å². The van der Waals surface area contributed by atoms with Crippen LogP contribution in [0.2, 0.25) is 0 Å². The molecule has 0 radical (unpaired) electrons. The van der Waals surface area contributed by atoms with E-state index in [4.69, 9.17) is 10.5 Å². The molecule has 1 saturated heterocycles. The second-order valence-corrected chi connectivity index (χ2v) is 6.10. The van der Waals surface area contributed by atoms with Crippen molar-refractivity contribution in [2.75, 3.05) is 13.2 Å². The number of nitrogens with two attached hydrogens (primary N) is 1. The maximum atomic E-state index is 12.2. The van der Waals surface area contributed by atoms with Crippen LogP contribution in [0.1, 0.15) is 24.0 Å². The smallest absolute Gasteiger partial charge is 0.237 e. The molecule has 2 heterocycles. The molecule has 7 nitrogen and oxygen atoms in total. The highest BCUT2D eigenvalue weighted by atomic mass is 16.5. The van der Waals surface area contributed by atoms with Crippen molar-refractivity contribution in [3.8, 4) is 0 Å². The molecular formula is C17H23N5O2.